The molecule has 0 saturated heterocycles. The predicted molar refractivity (Wildman–Crippen MR) is 87.8 cm³/mol. The van der Waals surface area contributed by atoms with E-state index in [2.05, 4.69) is 10.6 Å². The maximum absolute atomic E-state index is 13.0. The first kappa shape index (κ1) is 17.4. The molecule has 2 aromatic rings. The van der Waals surface area contributed by atoms with E-state index in [1.807, 2.05) is 6.07 Å². The lowest BCUT2D eigenvalue weighted by Crippen LogP contribution is -2.37. The number of halogens is 2. The van der Waals surface area contributed by atoms with Crippen LogP contribution in [0.4, 0.5) is 10.1 Å². The van der Waals surface area contributed by atoms with Crippen molar-refractivity contribution in [3.8, 4) is 6.07 Å². The Bertz CT molecular complexity index is 833. The molecule has 2 aromatic carbocycles. The second-order valence-corrected chi connectivity index (χ2v) is 5.41. The molecule has 0 fully saturated rings. The van der Waals surface area contributed by atoms with Gasteiger partial charge in [-0.05, 0) is 42.8 Å². The number of benzene rings is 2. The fourth-order valence-corrected chi connectivity index (χ4v) is 2.38. The molecule has 0 radical (unpaired) electrons. The molecule has 24 heavy (non-hydrogen) atoms. The van der Waals surface area contributed by atoms with Crippen LogP contribution in [-0.2, 0) is 9.59 Å². The van der Waals surface area contributed by atoms with Gasteiger partial charge in [0.05, 0.1) is 17.7 Å². The molecule has 2 rings (SSSR count). The molecule has 0 unspecified atom stereocenters. The van der Waals surface area contributed by atoms with Gasteiger partial charge in [-0.1, -0.05) is 23.7 Å². The van der Waals surface area contributed by atoms with Crippen LogP contribution in [0.3, 0.4) is 0 Å². The summed E-state index contributed by atoms with van der Waals surface area (Å²) in [6.07, 6.45) is 0. The van der Waals surface area contributed by atoms with Crippen LogP contribution in [0.5, 0.6) is 0 Å². The largest absolute Gasteiger partial charge is 0.341 e. The van der Waals surface area contributed by atoms with E-state index < -0.39 is 23.7 Å². The summed E-state index contributed by atoms with van der Waals surface area (Å²) in [4.78, 5) is 23.9. The molecule has 5 nitrogen and oxygen atoms in total. The lowest BCUT2D eigenvalue weighted by atomic mass is 10.1. The second-order valence-electron chi connectivity index (χ2n) is 5.01. The van der Waals surface area contributed by atoms with Gasteiger partial charge in [0, 0.05) is 10.7 Å². The molecule has 0 heterocycles. The molecule has 2 amide bonds. The number of carbonyl (C=O) groups excluding carboxylic acids is 2. The van der Waals surface area contributed by atoms with E-state index in [4.69, 9.17) is 16.9 Å². The van der Waals surface area contributed by atoms with Crippen molar-refractivity contribution in [1.82, 2.24) is 5.32 Å². The van der Waals surface area contributed by atoms with Gasteiger partial charge in [0.1, 0.15) is 5.82 Å². The van der Waals surface area contributed by atoms with E-state index in [0.717, 1.165) is 6.07 Å². The highest BCUT2D eigenvalue weighted by Crippen LogP contribution is 2.23. The highest BCUT2D eigenvalue weighted by molar-refractivity contribution is 6.39. The number of carbonyl (C=O) groups is 2. The standard InChI is InChI=1S/C17H13ClFN3O2/c1-10(14-6-5-12(19)8-15(14)18)21-16(23)17(24)22-13-4-2-3-11(7-13)9-20/h2-8,10H,1H3,(H,21,23)(H,22,24)/t10-/m1/s1. The van der Waals surface area contributed by atoms with Crippen molar-refractivity contribution in [2.45, 2.75) is 13.0 Å². The highest BCUT2D eigenvalue weighted by atomic mass is 35.5. The number of hydrogen-bond donors (Lipinski definition) is 2. The topological polar surface area (TPSA) is 82.0 Å². The number of amides is 2. The summed E-state index contributed by atoms with van der Waals surface area (Å²) in [6, 6.07) is 11.3. The van der Waals surface area contributed by atoms with Crippen molar-refractivity contribution in [2.75, 3.05) is 5.32 Å². The molecular formula is C17H13ClFN3O2. The molecular weight excluding hydrogens is 333 g/mol. The molecule has 0 saturated carbocycles. The van der Waals surface area contributed by atoms with E-state index in [1.165, 1.54) is 18.2 Å². The van der Waals surface area contributed by atoms with E-state index in [9.17, 15) is 14.0 Å². The summed E-state index contributed by atoms with van der Waals surface area (Å²) >= 11 is 5.93. The number of anilines is 1. The fourth-order valence-electron chi connectivity index (χ4n) is 2.05. The average molecular weight is 346 g/mol. The molecule has 7 heteroatoms. The van der Waals surface area contributed by atoms with Gasteiger partial charge in [-0.25, -0.2) is 4.39 Å². The Balaban J connectivity index is 2.03. The number of nitrogens with zero attached hydrogens (tertiary/aromatic N) is 1. The molecule has 122 valence electrons. The molecule has 0 aromatic heterocycles. The van der Waals surface area contributed by atoms with Crippen molar-refractivity contribution in [2.24, 2.45) is 0 Å². The number of rotatable bonds is 3. The van der Waals surface area contributed by atoms with E-state index in [0.29, 0.717) is 16.8 Å². The number of nitrogens with one attached hydrogen (secondary N) is 2. The van der Waals surface area contributed by atoms with Crippen LogP contribution < -0.4 is 10.6 Å². The lowest BCUT2D eigenvalue weighted by molar-refractivity contribution is -0.136. The minimum Gasteiger partial charge on any atom is -0.341 e. The minimum atomic E-state index is -0.879. The Hall–Kier alpha value is -2.91. The second kappa shape index (κ2) is 7.57. The van der Waals surface area contributed by atoms with Crippen molar-refractivity contribution in [3.05, 3.63) is 64.4 Å². The molecule has 0 spiro atoms. The Morgan fingerprint density at radius 2 is 1.96 bits per heavy atom. The quantitative estimate of drug-likeness (QED) is 0.838. The van der Waals surface area contributed by atoms with Crippen LogP contribution in [0.1, 0.15) is 24.1 Å². The van der Waals surface area contributed by atoms with Crippen LogP contribution in [0.25, 0.3) is 0 Å². The summed E-state index contributed by atoms with van der Waals surface area (Å²) in [6.45, 7) is 1.63. The van der Waals surface area contributed by atoms with Gasteiger partial charge in [-0.3, -0.25) is 9.59 Å². The zero-order valence-electron chi connectivity index (χ0n) is 12.6. The van der Waals surface area contributed by atoms with Crippen LogP contribution >= 0.6 is 11.6 Å². The maximum Gasteiger partial charge on any atom is 0.313 e. The van der Waals surface area contributed by atoms with Crippen molar-refractivity contribution in [3.63, 3.8) is 0 Å². The van der Waals surface area contributed by atoms with Crippen LogP contribution in [-0.4, -0.2) is 11.8 Å². The Morgan fingerprint density at radius 3 is 2.62 bits per heavy atom. The normalized spacial score (nSPS) is 11.2. The van der Waals surface area contributed by atoms with Crippen LogP contribution in [0, 0.1) is 17.1 Å². The van der Waals surface area contributed by atoms with Crippen molar-refractivity contribution in [1.29, 1.82) is 5.26 Å². The molecule has 0 aliphatic rings. The van der Waals surface area contributed by atoms with Gasteiger partial charge < -0.3 is 10.6 Å². The average Bonchev–Trinajstić information content (AvgIpc) is 2.54. The molecule has 0 bridgehead atoms. The molecule has 0 aliphatic heterocycles. The Kier molecular flexibility index (Phi) is 5.51. The maximum atomic E-state index is 13.0. The summed E-state index contributed by atoms with van der Waals surface area (Å²) in [5, 5.41) is 13.9. The van der Waals surface area contributed by atoms with Gasteiger partial charge >= 0.3 is 11.8 Å². The summed E-state index contributed by atoms with van der Waals surface area (Å²) in [7, 11) is 0. The van der Waals surface area contributed by atoms with Gasteiger partial charge in [0.25, 0.3) is 0 Å². The SMILES string of the molecule is C[C@@H](NC(=O)C(=O)Nc1cccc(C#N)c1)c1ccc(F)cc1Cl. The monoisotopic (exact) mass is 345 g/mol. The Morgan fingerprint density at radius 1 is 1.21 bits per heavy atom. The fraction of sp³-hybridized carbons (Fsp3) is 0.118. The first-order valence-corrected chi connectivity index (χ1v) is 7.35. The van der Waals surface area contributed by atoms with Gasteiger partial charge in [0.15, 0.2) is 0 Å². The summed E-state index contributed by atoms with van der Waals surface area (Å²) in [5.41, 5.74) is 1.19. The van der Waals surface area contributed by atoms with E-state index in [-0.39, 0.29) is 5.02 Å². The number of hydrogen-bond acceptors (Lipinski definition) is 3. The third-order valence-corrected chi connectivity index (χ3v) is 3.56. The molecule has 2 N–H and O–H groups in total. The molecule has 0 aliphatic carbocycles. The van der Waals surface area contributed by atoms with E-state index in [1.54, 1.807) is 25.1 Å². The van der Waals surface area contributed by atoms with Crippen LogP contribution in [0.15, 0.2) is 42.5 Å². The third-order valence-electron chi connectivity index (χ3n) is 3.23. The van der Waals surface area contributed by atoms with Gasteiger partial charge in [0.2, 0.25) is 0 Å². The third kappa shape index (κ3) is 4.31. The van der Waals surface area contributed by atoms with Crippen molar-refractivity contribution >= 4 is 29.1 Å². The highest BCUT2D eigenvalue weighted by Gasteiger charge is 2.19. The van der Waals surface area contributed by atoms with Crippen LogP contribution in [0.2, 0.25) is 5.02 Å². The zero-order chi connectivity index (χ0) is 17.7. The van der Waals surface area contributed by atoms with Crippen molar-refractivity contribution < 1.29 is 14.0 Å². The first-order chi connectivity index (χ1) is 11.4. The number of nitriles is 1. The lowest BCUT2D eigenvalue weighted by Gasteiger charge is -2.15. The van der Waals surface area contributed by atoms with Gasteiger partial charge in [-0.15, -0.1) is 0 Å². The summed E-state index contributed by atoms with van der Waals surface area (Å²) in [5.74, 6) is -2.24. The van der Waals surface area contributed by atoms with Gasteiger partial charge in [-0.2, -0.15) is 5.26 Å². The smallest absolute Gasteiger partial charge is 0.313 e. The predicted octanol–water partition coefficient (Wildman–Crippen LogP) is 3.17. The zero-order valence-corrected chi connectivity index (χ0v) is 13.4. The summed E-state index contributed by atoms with van der Waals surface area (Å²) < 4.78 is 13.0. The minimum absolute atomic E-state index is 0.157. The first-order valence-electron chi connectivity index (χ1n) is 6.97. The molecule has 1 atom stereocenters. The van der Waals surface area contributed by atoms with E-state index >= 15 is 0 Å². The Labute approximate surface area is 143 Å².